The molecule has 38 heavy (non-hydrogen) atoms. The van der Waals surface area contributed by atoms with Gasteiger partial charge >= 0.3 is 0 Å². The van der Waals surface area contributed by atoms with Gasteiger partial charge in [0.15, 0.2) is 5.84 Å². The topological polar surface area (TPSA) is 157 Å². The van der Waals surface area contributed by atoms with E-state index in [2.05, 4.69) is 26.3 Å². The van der Waals surface area contributed by atoms with Gasteiger partial charge in [-0.2, -0.15) is 0 Å². The van der Waals surface area contributed by atoms with Crippen molar-refractivity contribution in [3.8, 4) is 22.6 Å². The highest BCUT2D eigenvalue weighted by molar-refractivity contribution is 5.98. The van der Waals surface area contributed by atoms with Gasteiger partial charge in [-0.25, -0.2) is 4.68 Å². The van der Waals surface area contributed by atoms with Crippen molar-refractivity contribution >= 4 is 17.2 Å². The maximum absolute atomic E-state index is 13.2. The molecular weight excluding hydrogens is 480 g/mol. The van der Waals surface area contributed by atoms with Crippen LogP contribution >= 0.6 is 0 Å². The van der Waals surface area contributed by atoms with Gasteiger partial charge in [0.2, 0.25) is 0 Å². The Hall–Kier alpha value is -4.86. The van der Waals surface area contributed by atoms with Crippen molar-refractivity contribution in [2.75, 3.05) is 10.9 Å². The van der Waals surface area contributed by atoms with Gasteiger partial charge in [-0.1, -0.05) is 29.5 Å². The molecule has 0 saturated carbocycles. The zero-order chi connectivity index (χ0) is 27.0. The van der Waals surface area contributed by atoms with Crippen LogP contribution in [0.25, 0.3) is 16.8 Å². The molecule has 10 nitrogen and oxygen atoms in total. The summed E-state index contributed by atoms with van der Waals surface area (Å²) in [5, 5.41) is 29.4. The molecule has 0 saturated heterocycles. The minimum atomic E-state index is -0.237. The number of amidine groups is 1. The minimum absolute atomic E-state index is 0.0601. The van der Waals surface area contributed by atoms with Crippen molar-refractivity contribution < 1.29 is 5.11 Å². The van der Waals surface area contributed by atoms with Gasteiger partial charge in [-0.3, -0.25) is 26.2 Å². The van der Waals surface area contributed by atoms with E-state index in [1.807, 2.05) is 57.2 Å². The molecule has 1 heterocycles. The fourth-order valence-electron chi connectivity index (χ4n) is 4.95. The maximum atomic E-state index is 13.2. The summed E-state index contributed by atoms with van der Waals surface area (Å²) >= 11 is 0. The highest BCUT2D eigenvalue weighted by Crippen LogP contribution is 2.44. The first-order valence-corrected chi connectivity index (χ1v) is 12.4. The zero-order valence-corrected chi connectivity index (χ0v) is 21.5. The molecule has 5 rings (SSSR count). The summed E-state index contributed by atoms with van der Waals surface area (Å²) in [6.07, 6.45) is 2.71. The van der Waals surface area contributed by atoms with Crippen LogP contribution in [-0.4, -0.2) is 20.7 Å². The Kier molecular flexibility index (Phi) is 6.46. The Bertz CT molecular complexity index is 1650. The van der Waals surface area contributed by atoms with E-state index in [0.717, 1.165) is 52.8 Å². The quantitative estimate of drug-likeness (QED) is 0.0535. The second-order valence-electron chi connectivity index (χ2n) is 9.55. The predicted molar refractivity (Wildman–Crippen MR) is 149 cm³/mol. The monoisotopic (exact) mass is 510 g/mol. The Morgan fingerprint density at radius 1 is 1.08 bits per heavy atom. The SMILES string of the molecule is Cc1ccc(-n2[nH]c(C)c(NNc3cc4c(c(-c5cccc(C(=N)N=NN)c5)c3O)CCC4)c2=O)cc1C. The molecule has 0 spiro atoms. The number of phenolic OH excluding ortho intramolecular Hbond substituents is 1. The lowest BCUT2D eigenvalue weighted by Crippen LogP contribution is -2.20. The summed E-state index contributed by atoms with van der Waals surface area (Å²) in [5.74, 6) is 5.11. The average molecular weight is 511 g/mol. The smallest absolute Gasteiger partial charge is 0.296 e. The number of anilines is 2. The van der Waals surface area contributed by atoms with Gasteiger partial charge in [-0.05, 0) is 92.1 Å². The van der Waals surface area contributed by atoms with E-state index in [-0.39, 0.29) is 17.1 Å². The van der Waals surface area contributed by atoms with Crippen LogP contribution in [-0.2, 0) is 12.8 Å². The summed E-state index contributed by atoms with van der Waals surface area (Å²) in [5.41, 5.74) is 14.5. The number of hydrogen-bond donors (Lipinski definition) is 6. The molecule has 0 atom stereocenters. The number of nitrogens with zero attached hydrogens (tertiary/aromatic N) is 3. The molecule has 0 radical (unpaired) electrons. The van der Waals surface area contributed by atoms with Gasteiger partial charge in [0, 0.05) is 11.1 Å². The molecule has 1 aliphatic rings. The predicted octanol–water partition coefficient (Wildman–Crippen LogP) is 5.04. The van der Waals surface area contributed by atoms with Crippen molar-refractivity contribution in [1.29, 1.82) is 5.41 Å². The second-order valence-corrected chi connectivity index (χ2v) is 9.55. The van der Waals surface area contributed by atoms with Crippen molar-refractivity contribution in [3.63, 3.8) is 0 Å². The maximum Gasteiger partial charge on any atom is 0.296 e. The molecule has 194 valence electrons. The van der Waals surface area contributed by atoms with Gasteiger partial charge in [0.25, 0.3) is 5.56 Å². The third-order valence-electron chi connectivity index (χ3n) is 7.10. The normalized spacial score (nSPS) is 12.6. The number of phenols is 1. The van der Waals surface area contributed by atoms with Crippen LogP contribution in [0.15, 0.2) is 63.7 Å². The third kappa shape index (κ3) is 4.40. The fourth-order valence-corrected chi connectivity index (χ4v) is 4.95. The molecule has 0 bridgehead atoms. The summed E-state index contributed by atoms with van der Waals surface area (Å²) in [6.45, 7) is 5.85. The molecule has 1 aromatic heterocycles. The first-order valence-electron chi connectivity index (χ1n) is 12.4. The number of aromatic hydroxyl groups is 1. The molecule has 0 amide bonds. The number of hydrogen-bond acceptors (Lipinski definition) is 6. The zero-order valence-electron chi connectivity index (χ0n) is 21.5. The van der Waals surface area contributed by atoms with E-state index in [0.29, 0.717) is 28.2 Å². The molecule has 4 aromatic rings. The molecular formula is C28H30N8O2. The molecule has 0 unspecified atom stereocenters. The largest absolute Gasteiger partial charge is 0.505 e. The van der Waals surface area contributed by atoms with Crippen molar-refractivity contribution in [2.45, 2.75) is 40.0 Å². The Balaban J connectivity index is 1.50. The van der Waals surface area contributed by atoms with Crippen LogP contribution in [0.1, 0.15) is 39.9 Å². The van der Waals surface area contributed by atoms with E-state index in [9.17, 15) is 9.90 Å². The van der Waals surface area contributed by atoms with Gasteiger partial charge in [0.05, 0.1) is 17.1 Å². The lowest BCUT2D eigenvalue weighted by Gasteiger charge is -2.18. The van der Waals surface area contributed by atoms with Crippen LogP contribution in [0.5, 0.6) is 5.75 Å². The summed E-state index contributed by atoms with van der Waals surface area (Å²) in [4.78, 5) is 13.2. The Labute approximate surface area is 219 Å². The number of nitrogens with two attached hydrogens (primary N) is 1. The number of aryl methyl sites for hydroxylation is 4. The summed E-state index contributed by atoms with van der Waals surface area (Å²) < 4.78 is 1.50. The fraction of sp³-hybridized carbons (Fsp3) is 0.214. The number of nitrogens with one attached hydrogen (secondary N) is 4. The van der Waals surface area contributed by atoms with Gasteiger partial charge in [-0.15, -0.1) is 5.11 Å². The van der Waals surface area contributed by atoms with Crippen LogP contribution in [0.4, 0.5) is 11.4 Å². The van der Waals surface area contributed by atoms with Crippen LogP contribution in [0.3, 0.4) is 0 Å². The number of fused-ring (bicyclic) bond motifs is 1. The van der Waals surface area contributed by atoms with E-state index in [4.69, 9.17) is 11.3 Å². The molecule has 0 aliphatic heterocycles. The standard InChI is InChI=1S/C28H30N8O2/c1-15-10-11-21(12-16(15)2)36-28(38)25(17(3)34-36)32-31-23-14-18-6-5-9-22(18)24(26(23)37)19-7-4-8-20(13-19)27(29)33-35-30/h4,7-8,10-14,31-32,34,37H,5-6,9H2,1-3H3,(H3,29,30,33). The first kappa shape index (κ1) is 24.8. The van der Waals surface area contributed by atoms with Crippen LogP contribution in [0, 0.1) is 26.2 Å². The second kappa shape index (κ2) is 9.89. The van der Waals surface area contributed by atoms with Gasteiger partial charge in [0.1, 0.15) is 11.4 Å². The Morgan fingerprint density at radius 3 is 2.66 bits per heavy atom. The number of H-pyrrole nitrogens is 1. The lowest BCUT2D eigenvalue weighted by molar-refractivity contribution is 0.479. The van der Waals surface area contributed by atoms with Crippen LogP contribution < -0.4 is 22.3 Å². The number of benzene rings is 3. The average Bonchev–Trinajstić information content (AvgIpc) is 3.48. The van der Waals surface area contributed by atoms with Crippen molar-refractivity contribution in [3.05, 3.63) is 92.4 Å². The van der Waals surface area contributed by atoms with E-state index >= 15 is 0 Å². The summed E-state index contributed by atoms with van der Waals surface area (Å²) in [6, 6.07) is 15.0. The Morgan fingerprint density at radius 2 is 1.89 bits per heavy atom. The highest BCUT2D eigenvalue weighted by Gasteiger charge is 2.23. The van der Waals surface area contributed by atoms with Crippen molar-refractivity contribution in [2.24, 2.45) is 16.2 Å². The highest BCUT2D eigenvalue weighted by atomic mass is 16.3. The first-order chi connectivity index (χ1) is 18.3. The molecule has 0 fully saturated rings. The third-order valence-corrected chi connectivity index (χ3v) is 7.10. The molecule has 10 heteroatoms. The minimum Gasteiger partial charge on any atom is -0.505 e. The summed E-state index contributed by atoms with van der Waals surface area (Å²) in [7, 11) is 0. The molecule has 7 N–H and O–H groups in total. The van der Waals surface area contributed by atoms with E-state index in [1.54, 1.807) is 12.1 Å². The van der Waals surface area contributed by atoms with Crippen LogP contribution in [0.2, 0.25) is 0 Å². The number of aromatic nitrogens is 2. The molecule has 3 aromatic carbocycles. The van der Waals surface area contributed by atoms with E-state index < -0.39 is 0 Å². The number of hydrazine groups is 1. The van der Waals surface area contributed by atoms with Crippen molar-refractivity contribution in [1.82, 2.24) is 9.78 Å². The van der Waals surface area contributed by atoms with Gasteiger partial charge < -0.3 is 10.9 Å². The number of aromatic amines is 1. The van der Waals surface area contributed by atoms with E-state index in [1.165, 1.54) is 4.68 Å². The molecule has 1 aliphatic carbocycles. The number of rotatable bonds is 6. The lowest BCUT2D eigenvalue weighted by atomic mass is 9.93.